The summed E-state index contributed by atoms with van der Waals surface area (Å²) < 4.78 is 5.34. The first kappa shape index (κ1) is 7.61. The van der Waals surface area contributed by atoms with Gasteiger partial charge in [-0.25, -0.2) is 0 Å². The number of ether oxygens (including phenoxy) is 1. The van der Waals surface area contributed by atoms with E-state index in [2.05, 4.69) is 17.1 Å². The molecule has 66 valence electrons. The highest BCUT2D eigenvalue weighted by Gasteiger charge is 2.33. The van der Waals surface area contributed by atoms with Gasteiger partial charge in [-0.15, -0.1) is 0 Å². The van der Waals surface area contributed by atoms with Crippen molar-refractivity contribution in [2.24, 2.45) is 0 Å². The van der Waals surface area contributed by atoms with E-state index in [0.29, 0.717) is 5.82 Å². The van der Waals surface area contributed by atoms with Gasteiger partial charge in [0.25, 0.3) is 0 Å². The molecule has 0 spiro atoms. The summed E-state index contributed by atoms with van der Waals surface area (Å²) in [5.41, 5.74) is 6.69. The number of hydrogen-bond donors (Lipinski definition) is 2. The van der Waals surface area contributed by atoms with Gasteiger partial charge in [0, 0.05) is 23.8 Å². The Bertz CT molecular complexity index is 276. The molecule has 1 fully saturated rings. The summed E-state index contributed by atoms with van der Waals surface area (Å²) in [6.07, 6.45) is 1.04. The first-order valence-electron chi connectivity index (χ1n) is 4.10. The zero-order chi connectivity index (χ0) is 8.60. The summed E-state index contributed by atoms with van der Waals surface area (Å²) in [5.74, 6) is 0.554. The highest BCUT2D eigenvalue weighted by atomic mass is 16.5. The van der Waals surface area contributed by atoms with Gasteiger partial charge < -0.3 is 10.5 Å². The molecule has 0 saturated carbocycles. The van der Waals surface area contributed by atoms with Crippen LogP contribution in [-0.2, 0) is 10.2 Å². The lowest BCUT2D eigenvalue weighted by Gasteiger charge is -2.18. The zero-order valence-corrected chi connectivity index (χ0v) is 7.13. The Morgan fingerprint density at radius 2 is 2.58 bits per heavy atom. The van der Waals surface area contributed by atoms with Crippen LogP contribution >= 0.6 is 0 Å². The molecule has 0 aliphatic carbocycles. The van der Waals surface area contributed by atoms with Crippen molar-refractivity contribution in [3.8, 4) is 0 Å². The van der Waals surface area contributed by atoms with Crippen molar-refractivity contribution in [3.05, 3.63) is 11.8 Å². The average Bonchev–Trinajstić information content (AvgIpc) is 2.59. The quantitative estimate of drug-likeness (QED) is 0.646. The highest BCUT2D eigenvalue weighted by molar-refractivity contribution is 5.32. The Hall–Kier alpha value is -1.03. The van der Waals surface area contributed by atoms with E-state index < -0.39 is 0 Å². The summed E-state index contributed by atoms with van der Waals surface area (Å²) in [6.45, 7) is 3.75. The molecule has 4 heteroatoms. The van der Waals surface area contributed by atoms with Gasteiger partial charge in [0.15, 0.2) is 0 Å². The molecule has 0 aromatic carbocycles. The standard InChI is InChI=1S/C8H13N3O/c1-8(2-3-12-5-8)6-4-7(9)11-10-6/h4H,2-3,5H2,1H3,(H3,9,10,11). The predicted octanol–water partition coefficient (Wildman–Crippen LogP) is 0.670. The van der Waals surface area contributed by atoms with E-state index in [0.717, 1.165) is 25.3 Å². The number of hydrogen-bond acceptors (Lipinski definition) is 3. The fraction of sp³-hybridized carbons (Fsp3) is 0.625. The second-order valence-corrected chi connectivity index (χ2v) is 3.57. The normalized spacial score (nSPS) is 29.4. The number of aromatic nitrogens is 2. The largest absolute Gasteiger partial charge is 0.382 e. The molecule has 1 unspecified atom stereocenters. The lowest BCUT2D eigenvalue weighted by molar-refractivity contribution is 0.180. The summed E-state index contributed by atoms with van der Waals surface area (Å²) in [7, 11) is 0. The Balaban J connectivity index is 2.28. The Labute approximate surface area is 71.1 Å². The molecule has 2 heterocycles. The third kappa shape index (κ3) is 1.08. The van der Waals surface area contributed by atoms with E-state index in [9.17, 15) is 0 Å². The van der Waals surface area contributed by atoms with Gasteiger partial charge in [-0.1, -0.05) is 6.92 Å². The van der Waals surface area contributed by atoms with Gasteiger partial charge in [-0.05, 0) is 6.42 Å². The van der Waals surface area contributed by atoms with E-state index in [1.807, 2.05) is 6.07 Å². The summed E-state index contributed by atoms with van der Waals surface area (Å²) >= 11 is 0. The molecule has 1 saturated heterocycles. The number of H-pyrrole nitrogens is 1. The number of rotatable bonds is 1. The molecule has 4 nitrogen and oxygen atoms in total. The maximum absolute atomic E-state index is 5.52. The van der Waals surface area contributed by atoms with E-state index in [1.165, 1.54) is 0 Å². The number of nitrogens with zero attached hydrogens (tertiary/aromatic N) is 1. The molecule has 0 amide bonds. The third-order valence-electron chi connectivity index (χ3n) is 2.47. The SMILES string of the molecule is CC1(c2cc(N)n[nH]2)CCOC1. The molecule has 2 rings (SSSR count). The Kier molecular flexibility index (Phi) is 1.58. The first-order chi connectivity index (χ1) is 5.71. The van der Waals surface area contributed by atoms with Crippen LogP contribution in [0.4, 0.5) is 5.82 Å². The van der Waals surface area contributed by atoms with Crippen LogP contribution < -0.4 is 5.73 Å². The van der Waals surface area contributed by atoms with Crippen molar-refractivity contribution >= 4 is 5.82 Å². The van der Waals surface area contributed by atoms with E-state index in [4.69, 9.17) is 10.5 Å². The van der Waals surface area contributed by atoms with Gasteiger partial charge in [0.1, 0.15) is 5.82 Å². The number of anilines is 1. The second-order valence-electron chi connectivity index (χ2n) is 3.57. The minimum absolute atomic E-state index is 0.0879. The molecule has 3 N–H and O–H groups in total. The van der Waals surface area contributed by atoms with Crippen LogP contribution in [-0.4, -0.2) is 23.4 Å². The van der Waals surface area contributed by atoms with Gasteiger partial charge in [-0.2, -0.15) is 5.10 Å². The number of nitrogens with two attached hydrogens (primary N) is 1. The second kappa shape index (κ2) is 2.48. The molecule has 0 bridgehead atoms. The minimum atomic E-state index is 0.0879. The molecule has 1 aromatic heterocycles. The first-order valence-corrected chi connectivity index (χ1v) is 4.10. The molecule has 1 aliphatic rings. The van der Waals surface area contributed by atoms with E-state index >= 15 is 0 Å². The van der Waals surface area contributed by atoms with Crippen molar-refractivity contribution < 1.29 is 4.74 Å². The predicted molar refractivity (Wildman–Crippen MR) is 45.8 cm³/mol. The van der Waals surface area contributed by atoms with Crippen LogP contribution in [0, 0.1) is 0 Å². The average molecular weight is 167 g/mol. The monoisotopic (exact) mass is 167 g/mol. The van der Waals surface area contributed by atoms with Crippen LogP contribution in [0.15, 0.2) is 6.07 Å². The van der Waals surface area contributed by atoms with Crippen LogP contribution in [0.1, 0.15) is 19.0 Å². The van der Waals surface area contributed by atoms with Crippen LogP contribution in [0.25, 0.3) is 0 Å². The zero-order valence-electron chi connectivity index (χ0n) is 7.13. The third-order valence-corrected chi connectivity index (χ3v) is 2.47. The maximum atomic E-state index is 5.52. The lowest BCUT2D eigenvalue weighted by atomic mass is 9.86. The summed E-state index contributed by atoms with van der Waals surface area (Å²) in [6, 6.07) is 1.88. The number of nitrogen functional groups attached to an aromatic ring is 1. The molecular formula is C8H13N3O. The van der Waals surface area contributed by atoms with Crippen molar-refractivity contribution in [1.82, 2.24) is 10.2 Å². The van der Waals surface area contributed by atoms with Crippen LogP contribution in [0.3, 0.4) is 0 Å². The van der Waals surface area contributed by atoms with Gasteiger partial charge in [0.05, 0.1) is 6.61 Å². The molecule has 12 heavy (non-hydrogen) atoms. The molecule has 1 atom stereocenters. The van der Waals surface area contributed by atoms with E-state index in [1.54, 1.807) is 0 Å². The van der Waals surface area contributed by atoms with Gasteiger partial charge in [-0.3, -0.25) is 5.10 Å². The number of nitrogens with one attached hydrogen (secondary N) is 1. The number of aromatic amines is 1. The van der Waals surface area contributed by atoms with E-state index in [-0.39, 0.29) is 5.41 Å². The van der Waals surface area contributed by atoms with Gasteiger partial charge in [0.2, 0.25) is 0 Å². The molecular weight excluding hydrogens is 154 g/mol. The molecule has 1 aliphatic heterocycles. The van der Waals surface area contributed by atoms with Crippen LogP contribution in [0.2, 0.25) is 0 Å². The Morgan fingerprint density at radius 1 is 1.75 bits per heavy atom. The maximum Gasteiger partial charge on any atom is 0.145 e. The topological polar surface area (TPSA) is 63.9 Å². The fourth-order valence-electron chi connectivity index (χ4n) is 1.53. The van der Waals surface area contributed by atoms with Crippen molar-refractivity contribution in [2.75, 3.05) is 18.9 Å². The molecule has 1 aromatic rings. The fourth-order valence-corrected chi connectivity index (χ4v) is 1.53. The smallest absolute Gasteiger partial charge is 0.145 e. The molecule has 0 radical (unpaired) electrons. The highest BCUT2D eigenvalue weighted by Crippen LogP contribution is 2.31. The summed E-state index contributed by atoms with van der Waals surface area (Å²) in [4.78, 5) is 0. The van der Waals surface area contributed by atoms with Gasteiger partial charge >= 0.3 is 0 Å². The minimum Gasteiger partial charge on any atom is -0.382 e. The van der Waals surface area contributed by atoms with Crippen LogP contribution in [0.5, 0.6) is 0 Å². The van der Waals surface area contributed by atoms with Crippen molar-refractivity contribution in [2.45, 2.75) is 18.8 Å². The summed E-state index contributed by atoms with van der Waals surface area (Å²) in [5, 5.41) is 6.84. The van der Waals surface area contributed by atoms with Crippen molar-refractivity contribution in [3.63, 3.8) is 0 Å². The Morgan fingerprint density at radius 3 is 3.08 bits per heavy atom. The van der Waals surface area contributed by atoms with Crippen molar-refractivity contribution in [1.29, 1.82) is 0 Å². The lowest BCUT2D eigenvalue weighted by Crippen LogP contribution is -2.22.